The van der Waals surface area contributed by atoms with Gasteiger partial charge in [0.05, 0.1) is 6.61 Å². The predicted molar refractivity (Wildman–Crippen MR) is 87.5 cm³/mol. The molecule has 0 spiro atoms. The zero-order chi connectivity index (χ0) is 15.0. The number of hydrogen-bond donors (Lipinski definition) is 1. The van der Waals surface area contributed by atoms with E-state index in [0.717, 1.165) is 19.7 Å². The van der Waals surface area contributed by atoms with Crippen LogP contribution in [-0.4, -0.2) is 32.8 Å². The van der Waals surface area contributed by atoms with Gasteiger partial charge in [0.15, 0.2) is 0 Å². The van der Waals surface area contributed by atoms with Crippen LogP contribution in [0.15, 0.2) is 24.3 Å². The van der Waals surface area contributed by atoms with E-state index in [1.807, 2.05) is 0 Å². The monoisotopic (exact) mass is 278 g/mol. The van der Waals surface area contributed by atoms with Gasteiger partial charge in [-0.2, -0.15) is 0 Å². The third-order valence-electron chi connectivity index (χ3n) is 3.71. The highest BCUT2D eigenvalue weighted by Gasteiger charge is 2.13. The van der Waals surface area contributed by atoms with Crippen molar-refractivity contribution < 1.29 is 4.74 Å². The first-order chi connectivity index (χ1) is 9.63. The standard InChI is InChI=1S/C17H30N2O/c1-6-12-18-15(4)16-8-10-17(11-9-16)19(7-2)14(3)13-20-5/h8-11,14-15,18H,6-7,12-13H2,1-5H3. The molecule has 1 aromatic rings. The van der Waals surface area contributed by atoms with Gasteiger partial charge in [0.1, 0.15) is 0 Å². The Balaban J connectivity index is 2.73. The van der Waals surface area contributed by atoms with Gasteiger partial charge in [0.2, 0.25) is 0 Å². The lowest BCUT2D eigenvalue weighted by Gasteiger charge is -2.30. The molecule has 0 aliphatic carbocycles. The van der Waals surface area contributed by atoms with Crippen molar-refractivity contribution in [3.8, 4) is 0 Å². The minimum atomic E-state index is 0.395. The molecule has 114 valence electrons. The quantitative estimate of drug-likeness (QED) is 0.747. The molecule has 2 unspecified atom stereocenters. The first-order valence-electron chi connectivity index (χ1n) is 7.72. The van der Waals surface area contributed by atoms with Gasteiger partial charge in [-0.3, -0.25) is 0 Å². The summed E-state index contributed by atoms with van der Waals surface area (Å²) in [4.78, 5) is 2.37. The largest absolute Gasteiger partial charge is 0.383 e. The fourth-order valence-corrected chi connectivity index (χ4v) is 2.51. The van der Waals surface area contributed by atoms with Gasteiger partial charge in [0.25, 0.3) is 0 Å². The van der Waals surface area contributed by atoms with Gasteiger partial charge in [-0.15, -0.1) is 0 Å². The van der Waals surface area contributed by atoms with Crippen molar-refractivity contribution in [2.75, 3.05) is 31.7 Å². The summed E-state index contributed by atoms with van der Waals surface area (Å²) in [6.45, 7) is 11.6. The molecule has 20 heavy (non-hydrogen) atoms. The summed E-state index contributed by atoms with van der Waals surface area (Å²) in [7, 11) is 1.76. The van der Waals surface area contributed by atoms with E-state index in [4.69, 9.17) is 4.74 Å². The molecule has 1 rings (SSSR count). The van der Waals surface area contributed by atoms with Crippen molar-refractivity contribution in [2.45, 2.75) is 46.2 Å². The number of nitrogens with one attached hydrogen (secondary N) is 1. The average Bonchev–Trinajstić information content (AvgIpc) is 2.46. The van der Waals surface area contributed by atoms with Crippen LogP contribution >= 0.6 is 0 Å². The highest BCUT2D eigenvalue weighted by molar-refractivity contribution is 5.48. The van der Waals surface area contributed by atoms with Crippen LogP contribution in [0.2, 0.25) is 0 Å². The van der Waals surface area contributed by atoms with E-state index in [1.54, 1.807) is 7.11 Å². The Morgan fingerprint density at radius 2 is 1.80 bits per heavy atom. The minimum Gasteiger partial charge on any atom is -0.383 e. The number of ether oxygens (including phenoxy) is 1. The van der Waals surface area contributed by atoms with Crippen molar-refractivity contribution >= 4 is 5.69 Å². The van der Waals surface area contributed by atoms with Crippen LogP contribution in [0.1, 0.15) is 45.7 Å². The summed E-state index contributed by atoms with van der Waals surface area (Å²) in [6.07, 6.45) is 1.17. The van der Waals surface area contributed by atoms with Crippen LogP contribution in [-0.2, 0) is 4.74 Å². The highest BCUT2D eigenvalue weighted by atomic mass is 16.5. The fourth-order valence-electron chi connectivity index (χ4n) is 2.51. The summed E-state index contributed by atoms with van der Waals surface area (Å²) in [5, 5.41) is 3.52. The second-order valence-corrected chi connectivity index (χ2v) is 5.36. The average molecular weight is 278 g/mol. The Labute approximate surface area is 124 Å². The van der Waals surface area contributed by atoms with E-state index >= 15 is 0 Å². The number of methoxy groups -OCH3 is 1. The molecule has 2 atom stereocenters. The van der Waals surface area contributed by atoms with Gasteiger partial charge in [0, 0.05) is 31.4 Å². The molecule has 0 aliphatic rings. The van der Waals surface area contributed by atoms with Crippen LogP contribution in [0.5, 0.6) is 0 Å². The maximum absolute atomic E-state index is 5.26. The molecule has 1 N–H and O–H groups in total. The summed E-state index contributed by atoms with van der Waals surface area (Å²) in [6, 6.07) is 9.70. The number of benzene rings is 1. The molecule has 3 heteroatoms. The summed E-state index contributed by atoms with van der Waals surface area (Å²) in [5.41, 5.74) is 2.61. The molecule has 0 aromatic heterocycles. The van der Waals surface area contributed by atoms with Crippen LogP contribution in [0, 0.1) is 0 Å². The zero-order valence-corrected chi connectivity index (χ0v) is 13.6. The minimum absolute atomic E-state index is 0.395. The second kappa shape index (κ2) is 8.98. The molecule has 0 aliphatic heterocycles. The molecule has 0 saturated heterocycles. The predicted octanol–water partition coefficient (Wildman–Crippen LogP) is 3.61. The lowest BCUT2D eigenvalue weighted by molar-refractivity contribution is 0.182. The van der Waals surface area contributed by atoms with E-state index in [1.165, 1.54) is 17.7 Å². The van der Waals surface area contributed by atoms with Crippen molar-refractivity contribution in [1.82, 2.24) is 5.32 Å². The van der Waals surface area contributed by atoms with Crippen molar-refractivity contribution in [3.05, 3.63) is 29.8 Å². The summed E-state index contributed by atoms with van der Waals surface area (Å²) < 4.78 is 5.26. The molecule has 0 bridgehead atoms. The molecular weight excluding hydrogens is 248 g/mol. The maximum Gasteiger partial charge on any atom is 0.0663 e. The normalized spacial score (nSPS) is 14.1. The van der Waals surface area contributed by atoms with Crippen LogP contribution < -0.4 is 10.2 Å². The fraction of sp³-hybridized carbons (Fsp3) is 0.647. The molecule has 0 heterocycles. The zero-order valence-electron chi connectivity index (χ0n) is 13.6. The van der Waals surface area contributed by atoms with Crippen molar-refractivity contribution in [3.63, 3.8) is 0 Å². The molecule has 3 nitrogen and oxygen atoms in total. The first kappa shape index (κ1) is 17.0. The Morgan fingerprint density at radius 1 is 1.15 bits per heavy atom. The topological polar surface area (TPSA) is 24.5 Å². The van der Waals surface area contributed by atoms with E-state index in [-0.39, 0.29) is 0 Å². The SMILES string of the molecule is CCCNC(C)c1ccc(N(CC)C(C)COC)cc1. The van der Waals surface area contributed by atoms with Crippen LogP contribution in [0.3, 0.4) is 0 Å². The number of rotatable bonds is 9. The number of hydrogen-bond acceptors (Lipinski definition) is 3. The molecule has 0 amide bonds. The third-order valence-corrected chi connectivity index (χ3v) is 3.71. The Kier molecular flexibility index (Phi) is 7.63. The molecular formula is C17H30N2O. The number of nitrogens with zero attached hydrogens (tertiary/aromatic N) is 1. The van der Waals surface area contributed by atoms with E-state index in [2.05, 4.69) is 62.2 Å². The first-order valence-corrected chi connectivity index (χ1v) is 7.72. The van der Waals surface area contributed by atoms with Crippen molar-refractivity contribution in [1.29, 1.82) is 0 Å². The van der Waals surface area contributed by atoms with Gasteiger partial charge >= 0.3 is 0 Å². The van der Waals surface area contributed by atoms with Crippen LogP contribution in [0.4, 0.5) is 5.69 Å². The Bertz CT molecular complexity index is 364. The lowest BCUT2D eigenvalue weighted by atomic mass is 10.1. The van der Waals surface area contributed by atoms with Gasteiger partial charge < -0.3 is 15.0 Å². The Hall–Kier alpha value is -1.06. The molecule has 1 aromatic carbocycles. The summed E-state index contributed by atoms with van der Waals surface area (Å²) in [5.74, 6) is 0. The summed E-state index contributed by atoms with van der Waals surface area (Å²) >= 11 is 0. The number of likely N-dealkylation sites (N-methyl/N-ethyl adjacent to an activating group) is 1. The molecule has 0 saturated carbocycles. The van der Waals surface area contributed by atoms with E-state index in [0.29, 0.717) is 12.1 Å². The molecule has 0 fully saturated rings. The lowest BCUT2D eigenvalue weighted by Crippen LogP contribution is -2.36. The van der Waals surface area contributed by atoms with E-state index < -0.39 is 0 Å². The highest BCUT2D eigenvalue weighted by Crippen LogP contribution is 2.21. The maximum atomic E-state index is 5.26. The third kappa shape index (κ3) is 4.80. The van der Waals surface area contributed by atoms with Gasteiger partial charge in [-0.05, 0) is 51.4 Å². The molecule has 0 radical (unpaired) electrons. The number of anilines is 1. The van der Waals surface area contributed by atoms with Gasteiger partial charge in [-0.25, -0.2) is 0 Å². The van der Waals surface area contributed by atoms with Crippen LogP contribution in [0.25, 0.3) is 0 Å². The van der Waals surface area contributed by atoms with Gasteiger partial charge in [-0.1, -0.05) is 19.1 Å². The smallest absolute Gasteiger partial charge is 0.0663 e. The Morgan fingerprint density at radius 3 is 2.30 bits per heavy atom. The van der Waals surface area contributed by atoms with Crippen molar-refractivity contribution in [2.24, 2.45) is 0 Å². The second-order valence-electron chi connectivity index (χ2n) is 5.36. The van der Waals surface area contributed by atoms with E-state index in [9.17, 15) is 0 Å².